The first-order chi connectivity index (χ1) is 8.40. The largest absolute Gasteiger partial charge is 0.493 e. The summed E-state index contributed by atoms with van der Waals surface area (Å²) in [6.07, 6.45) is 1.68. The molecule has 0 radical (unpaired) electrons. The molecule has 1 heterocycles. The molecular weight excluding hydrogens is 270 g/mol. The minimum atomic E-state index is -1.33. The van der Waals surface area contributed by atoms with Crippen LogP contribution in [0.25, 0.3) is 0 Å². The first kappa shape index (κ1) is 13.8. The number of halogens is 1. The molecule has 3 nitrogen and oxygen atoms in total. The fourth-order valence-corrected chi connectivity index (χ4v) is 2.87. The molecule has 0 fully saturated rings. The van der Waals surface area contributed by atoms with E-state index in [2.05, 4.69) is 0 Å². The van der Waals surface area contributed by atoms with Crippen LogP contribution in [0.3, 0.4) is 0 Å². The maximum Gasteiger partial charge on any atom is 0.122 e. The van der Waals surface area contributed by atoms with E-state index in [4.69, 9.17) is 21.5 Å². The van der Waals surface area contributed by atoms with Crippen molar-refractivity contribution in [2.75, 3.05) is 6.61 Å². The molecule has 1 aliphatic heterocycles. The van der Waals surface area contributed by atoms with E-state index in [-0.39, 0.29) is 0 Å². The average Bonchev–Trinajstić information content (AvgIpc) is 2.29. The Balaban J connectivity index is 2.27. The Morgan fingerprint density at radius 1 is 1.56 bits per heavy atom. The van der Waals surface area contributed by atoms with E-state index in [9.17, 15) is 4.21 Å². The quantitative estimate of drug-likeness (QED) is 0.929. The van der Waals surface area contributed by atoms with Gasteiger partial charge in [-0.3, -0.25) is 5.14 Å². The number of fused-ring (bicyclic) bond motifs is 1. The number of hydrogen-bond donors (Lipinski definition) is 1. The zero-order chi connectivity index (χ0) is 13.3. The lowest BCUT2D eigenvalue weighted by atomic mass is 9.86. The van der Waals surface area contributed by atoms with Gasteiger partial charge in [0.25, 0.3) is 0 Å². The highest BCUT2D eigenvalue weighted by molar-refractivity contribution is 7.84. The summed E-state index contributed by atoms with van der Waals surface area (Å²) in [6.45, 7) is 4.55. The highest BCUT2D eigenvalue weighted by Gasteiger charge is 2.31. The molecular formula is C13H18ClNO2S. The maximum atomic E-state index is 11.5. The third-order valence-corrected chi connectivity index (χ3v) is 4.91. The Labute approximate surface area is 115 Å². The van der Waals surface area contributed by atoms with Crippen LogP contribution < -0.4 is 9.88 Å². The minimum absolute atomic E-state index is 0.301. The van der Waals surface area contributed by atoms with Gasteiger partial charge in [-0.2, -0.15) is 0 Å². The molecule has 1 aromatic rings. The molecule has 1 aromatic carbocycles. The Kier molecular flexibility index (Phi) is 3.99. The smallest absolute Gasteiger partial charge is 0.122 e. The third kappa shape index (κ3) is 2.87. The molecule has 0 aromatic heterocycles. The lowest BCUT2D eigenvalue weighted by Gasteiger charge is -2.31. The number of benzene rings is 1. The van der Waals surface area contributed by atoms with E-state index in [1.165, 1.54) is 0 Å². The molecule has 100 valence electrons. The third-order valence-electron chi connectivity index (χ3n) is 3.42. The van der Waals surface area contributed by atoms with Crippen molar-refractivity contribution < 1.29 is 8.95 Å². The van der Waals surface area contributed by atoms with Crippen molar-refractivity contribution in [3.8, 4) is 5.75 Å². The monoisotopic (exact) mass is 287 g/mol. The molecule has 2 N–H and O–H groups in total. The first-order valence-electron chi connectivity index (χ1n) is 5.99. The SMILES string of the molecule is CC(C)(C[C@@H]1CCOc2ccc(Cl)cc21)S(N)=O. The summed E-state index contributed by atoms with van der Waals surface area (Å²) < 4.78 is 16.8. The number of nitrogens with two attached hydrogens (primary N) is 1. The highest BCUT2D eigenvalue weighted by atomic mass is 35.5. The summed E-state index contributed by atoms with van der Waals surface area (Å²) in [5, 5.41) is 6.26. The zero-order valence-corrected chi connectivity index (χ0v) is 12.2. The second kappa shape index (κ2) is 5.19. The Morgan fingerprint density at radius 2 is 2.28 bits per heavy atom. The van der Waals surface area contributed by atoms with Crippen LogP contribution in [0, 0.1) is 0 Å². The minimum Gasteiger partial charge on any atom is -0.493 e. The standard InChI is InChI=1S/C13H18ClNO2S/c1-13(2,18(15)16)8-9-5-6-17-12-4-3-10(14)7-11(9)12/h3-4,7,9H,5-6,8,15H2,1-2H3/t9-,18?/m0/s1. The van der Waals surface area contributed by atoms with E-state index >= 15 is 0 Å². The molecule has 0 bridgehead atoms. The van der Waals surface area contributed by atoms with Gasteiger partial charge in [-0.25, -0.2) is 4.21 Å². The van der Waals surface area contributed by atoms with Crippen LogP contribution >= 0.6 is 11.6 Å². The molecule has 0 spiro atoms. The van der Waals surface area contributed by atoms with Crippen molar-refractivity contribution >= 4 is 22.6 Å². The Morgan fingerprint density at radius 3 is 2.94 bits per heavy atom. The van der Waals surface area contributed by atoms with Crippen molar-refractivity contribution in [3.05, 3.63) is 28.8 Å². The van der Waals surface area contributed by atoms with Gasteiger partial charge >= 0.3 is 0 Å². The molecule has 0 amide bonds. The van der Waals surface area contributed by atoms with Crippen molar-refractivity contribution in [3.63, 3.8) is 0 Å². The highest BCUT2D eigenvalue weighted by Crippen LogP contribution is 2.40. The van der Waals surface area contributed by atoms with Crippen LogP contribution in [0.2, 0.25) is 5.02 Å². The van der Waals surface area contributed by atoms with Gasteiger partial charge in [-0.15, -0.1) is 0 Å². The molecule has 2 atom stereocenters. The predicted octanol–water partition coefficient (Wildman–Crippen LogP) is 3.00. The van der Waals surface area contributed by atoms with E-state index in [0.29, 0.717) is 17.5 Å². The zero-order valence-electron chi connectivity index (χ0n) is 10.6. The van der Waals surface area contributed by atoms with Crippen LogP contribution in [0.1, 0.15) is 38.2 Å². The van der Waals surface area contributed by atoms with Gasteiger partial charge in [-0.05, 0) is 56.4 Å². The van der Waals surface area contributed by atoms with Gasteiger partial charge in [0.1, 0.15) is 5.75 Å². The number of hydrogen-bond acceptors (Lipinski definition) is 2. The Hall–Kier alpha value is -0.580. The van der Waals surface area contributed by atoms with Crippen LogP contribution in [-0.2, 0) is 11.0 Å². The fraction of sp³-hybridized carbons (Fsp3) is 0.538. The fourth-order valence-electron chi connectivity index (χ4n) is 2.32. The molecule has 0 saturated carbocycles. The lowest BCUT2D eigenvalue weighted by Crippen LogP contribution is -2.34. The molecule has 0 saturated heterocycles. The van der Waals surface area contributed by atoms with Crippen molar-refractivity contribution in [1.82, 2.24) is 0 Å². The van der Waals surface area contributed by atoms with Gasteiger partial charge in [0.15, 0.2) is 0 Å². The molecule has 18 heavy (non-hydrogen) atoms. The van der Waals surface area contributed by atoms with E-state index in [1.807, 2.05) is 32.0 Å². The van der Waals surface area contributed by atoms with Crippen LogP contribution in [-0.4, -0.2) is 15.6 Å². The maximum absolute atomic E-state index is 11.5. The van der Waals surface area contributed by atoms with Crippen LogP contribution in [0.15, 0.2) is 18.2 Å². The predicted molar refractivity (Wildman–Crippen MR) is 75.3 cm³/mol. The first-order valence-corrected chi connectivity index (χ1v) is 7.58. The second-order valence-electron chi connectivity index (χ2n) is 5.28. The van der Waals surface area contributed by atoms with Crippen molar-refractivity contribution in [1.29, 1.82) is 0 Å². The Bertz CT molecular complexity index is 476. The summed E-state index contributed by atoms with van der Waals surface area (Å²) in [5.74, 6) is 1.18. The summed E-state index contributed by atoms with van der Waals surface area (Å²) in [4.78, 5) is 0. The summed E-state index contributed by atoms with van der Waals surface area (Å²) in [5.41, 5.74) is 1.10. The van der Waals surface area contributed by atoms with Gasteiger partial charge in [0.05, 0.1) is 22.3 Å². The summed E-state index contributed by atoms with van der Waals surface area (Å²) >= 11 is 6.04. The van der Waals surface area contributed by atoms with Gasteiger partial charge in [0, 0.05) is 5.02 Å². The summed E-state index contributed by atoms with van der Waals surface area (Å²) in [7, 11) is -1.33. The van der Waals surface area contributed by atoms with Crippen LogP contribution in [0.4, 0.5) is 0 Å². The summed E-state index contributed by atoms with van der Waals surface area (Å²) in [6, 6.07) is 5.67. The lowest BCUT2D eigenvalue weighted by molar-refractivity contribution is 0.258. The molecule has 0 aliphatic carbocycles. The second-order valence-corrected chi connectivity index (χ2v) is 7.41. The average molecular weight is 288 g/mol. The molecule has 1 aliphatic rings. The van der Waals surface area contributed by atoms with Gasteiger partial charge in [-0.1, -0.05) is 11.6 Å². The van der Waals surface area contributed by atoms with Crippen LogP contribution in [0.5, 0.6) is 5.75 Å². The van der Waals surface area contributed by atoms with E-state index < -0.39 is 15.7 Å². The topological polar surface area (TPSA) is 52.3 Å². The van der Waals surface area contributed by atoms with Gasteiger partial charge < -0.3 is 4.74 Å². The van der Waals surface area contributed by atoms with Gasteiger partial charge in [0.2, 0.25) is 0 Å². The van der Waals surface area contributed by atoms with Crippen molar-refractivity contribution in [2.45, 2.75) is 37.4 Å². The van der Waals surface area contributed by atoms with E-state index in [0.717, 1.165) is 24.2 Å². The number of rotatable bonds is 3. The van der Waals surface area contributed by atoms with Crippen molar-refractivity contribution in [2.24, 2.45) is 5.14 Å². The molecule has 1 unspecified atom stereocenters. The molecule has 5 heteroatoms. The van der Waals surface area contributed by atoms with E-state index in [1.54, 1.807) is 0 Å². The number of ether oxygens (including phenoxy) is 1. The molecule has 2 rings (SSSR count). The normalized spacial score (nSPS) is 21.0.